The van der Waals surface area contributed by atoms with Crippen molar-refractivity contribution in [2.75, 3.05) is 26.7 Å². The van der Waals surface area contributed by atoms with Crippen LogP contribution in [0.15, 0.2) is 0 Å². The Kier molecular flexibility index (Phi) is 3.77. The van der Waals surface area contributed by atoms with E-state index in [1.165, 1.54) is 26.5 Å². The monoisotopic (exact) mass is 281 g/mol. The summed E-state index contributed by atoms with van der Waals surface area (Å²) in [6.45, 7) is 5.87. The Hall–Kier alpha value is -0.650. The van der Waals surface area contributed by atoms with Crippen molar-refractivity contribution in [3.8, 4) is 0 Å². The van der Waals surface area contributed by atoms with Crippen LogP contribution in [0.25, 0.3) is 0 Å². The first kappa shape index (κ1) is 14.3. The molecule has 4 unspecified atom stereocenters. The summed E-state index contributed by atoms with van der Waals surface area (Å²) in [5.74, 6) is -0.243. The Morgan fingerprint density at radius 2 is 2.10 bits per heavy atom. The first-order chi connectivity index (χ1) is 9.53. The van der Waals surface area contributed by atoms with Crippen LogP contribution in [0.3, 0.4) is 0 Å². The molecule has 3 fully saturated rings. The zero-order chi connectivity index (χ0) is 14.3. The number of methoxy groups -OCH3 is 1. The van der Waals surface area contributed by atoms with Gasteiger partial charge in [-0.1, -0.05) is 0 Å². The standard InChI is InChI=1S/C15H27N3O2/c1-11-9-17-7-3-4-13(17)10-18(11)12-5-6-15(16,8-12)14(19)20-2/h11-13H,3-10,16H2,1-2H3. The van der Waals surface area contributed by atoms with E-state index in [0.717, 1.165) is 38.4 Å². The van der Waals surface area contributed by atoms with Gasteiger partial charge in [-0.3, -0.25) is 14.6 Å². The number of nitrogens with two attached hydrogens (primary N) is 1. The summed E-state index contributed by atoms with van der Waals surface area (Å²) in [5.41, 5.74) is 5.49. The maximum Gasteiger partial charge on any atom is 0.325 e. The molecule has 5 heteroatoms. The molecule has 4 atom stereocenters. The van der Waals surface area contributed by atoms with Gasteiger partial charge >= 0.3 is 5.97 Å². The van der Waals surface area contributed by atoms with Gasteiger partial charge < -0.3 is 10.5 Å². The maximum absolute atomic E-state index is 11.9. The van der Waals surface area contributed by atoms with Gasteiger partial charge in [0.15, 0.2) is 0 Å². The van der Waals surface area contributed by atoms with E-state index < -0.39 is 5.54 Å². The molecule has 1 saturated carbocycles. The Balaban J connectivity index is 1.66. The molecule has 2 heterocycles. The SMILES string of the molecule is COC(=O)C1(N)CCC(N2CC3CCCN3CC2C)C1. The number of ether oxygens (including phenoxy) is 1. The van der Waals surface area contributed by atoms with Crippen LogP contribution in [0.1, 0.15) is 39.0 Å². The molecular weight excluding hydrogens is 254 g/mol. The van der Waals surface area contributed by atoms with Crippen LogP contribution in [0, 0.1) is 0 Å². The fourth-order valence-electron chi connectivity index (χ4n) is 4.44. The second-order valence-electron chi connectivity index (χ2n) is 6.88. The number of piperazine rings is 1. The molecule has 0 aromatic rings. The average Bonchev–Trinajstić information content (AvgIpc) is 3.03. The number of rotatable bonds is 2. The van der Waals surface area contributed by atoms with Gasteiger partial charge in [0.25, 0.3) is 0 Å². The summed E-state index contributed by atoms with van der Waals surface area (Å²) in [5, 5.41) is 0. The number of nitrogens with zero attached hydrogens (tertiary/aromatic N) is 2. The molecule has 20 heavy (non-hydrogen) atoms. The van der Waals surface area contributed by atoms with E-state index in [9.17, 15) is 4.79 Å². The predicted octanol–water partition coefficient (Wildman–Crippen LogP) is 0.578. The van der Waals surface area contributed by atoms with E-state index in [4.69, 9.17) is 10.5 Å². The third-order valence-corrected chi connectivity index (χ3v) is 5.57. The molecule has 0 amide bonds. The number of hydrogen-bond donors (Lipinski definition) is 1. The van der Waals surface area contributed by atoms with Crippen LogP contribution in [-0.2, 0) is 9.53 Å². The molecule has 0 radical (unpaired) electrons. The Labute approximate surface area is 121 Å². The minimum atomic E-state index is -0.758. The molecule has 5 nitrogen and oxygen atoms in total. The van der Waals surface area contributed by atoms with Crippen molar-refractivity contribution in [2.45, 2.75) is 62.7 Å². The van der Waals surface area contributed by atoms with Gasteiger partial charge in [0, 0.05) is 31.2 Å². The molecule has 1 aliphatic carbocycles. The van der Waals surface area contributed by atoms with E-state index >= 15 is 0 Å². The van der Waals surface area contributed by atoms with Crippen LogP contribution < -0.4 is 5.73 Å². The molecule has 0 spiro atoms. The Morgan fingerprint density at radius 1 is 1.30 bits per heavy atom. The summed E-state index contributed by atoms with van der Waals surface area (Å²) in [6.07, 6.45) is 5.17. The third-order valence-electron chi connectivity index (χ3n) is 5.57. The first-order valence-corrected chi connectivity index (χ1v) is 7.90. The van der Waals surface area contributed by atoms with Crippen molar-refractivity contribution in [3.63, 3.8) is 0 Å². The lowest BCUT2D eigenvalue weighted by Crippen LogP contribution is -2.58. The molecule has 3 aliphatic rings. The molecule has 3 rings (SSSR count). The molecule has 0 aromatic carbocycles. The van der Waals surface area contributed by atoms with Gasteiger partial charge in [-0.2, -0.15) is 0 Å². The van der Waals surface area contributed by atoms with Gasteiger partial charge in [0.2, 0.25) is 0 Å². The van der Waals surface area contributed by atoms with Gasteiger partial charge in [0.1, 0.15) is 5.54 Å². The highest BCUT2D eigenvalue weighted by Gasteiger charge is 2.47. The zero-order valence-electron chi connectivity index (χ0n) is 12.7. The highest BCUT2D eigenvalue weighted by Crippen LogP contribution is 2.36. The van der Waals surface area contributed by atoms with Crippen LogP contribution in [0.5, 0.6) is 0 Å². The number of carbonyl (C=O) groups excluding carboxylic acids is 1. The number of esters is 1. The topological polar surface area (TPSA) is 58.8 Å². The second-order valence-corrected chi connectivity index (χ2v) is 6.88. The fourth-order valence-corrected chi connectivity index (χ4v) is 4.44. The lowest BCUT2D eigenvalue weighted by Gasteiger charge is -2.45. The van der Waals surface area contributed by atoms with E-state index in [1.807, 2.05) is 0 Å². The van der Waals surface area contributed by atoms with Crippen molar-refractivity contribution in [2.24, 2.45) is 5.73 Å². The van der Waals surface area contributed by atoms with Crippen molar-refractivity contribution in [1.82, 2.24) is 9.80 Å². The molecule has 2 saturated heterocycles. The van der Waals surface area contributed by atoms with E-state index in [1.54, 1.807) is 0 Å². The number of fused-ring (bicyclic) bond motifs is 1. The van der Waals surface area contributed by atoms with Crippen LogP contribution in [0.2, 0.25) is 0 Å². The summed E-state index contributed by atoms with van der Waals surface area (Å²) < 4.78 is 4.88. The summed E-state index contributed by atoms with van der Waals surface area (Å²) in [4.78, 5) is 17.1. The second kappa shape index (κ2) is 5.28. The Morgan fingerprint density at radius 3 is 2.85 bits per heavy atom. The summed E-state index contributed by atoms with van der Waals surface area (Å²) in [7, 11) is 1.43. The van der Waals surface area contributed by atoms with Gasteiger partial charge in [0.05, 0.1) is 7.11 Å². The predicted molar refractivity (Wildman–Crippen MR) is 77.3 cm³/mol. The lowest BCUT2D eigenvalue weighted by atomic mass is 9.98. The van der Waals surface area contributed by atoms with Crippen molar-refractivity contribution < 1.29 is 9.53 Å². The summed E-state index contributed by atoms with van der Waals surface area (Å²) >= 11 is 0. The molecule has 0 aromatic heterocycles. The molecule has 2 N–H and O–H groups in total. The minimum Gasteiger partial charge on any atom is -0.468 e. The smallest absolute Gasteiger partial charge is 0.325 e. The maximum atomic E-state index is 11.9. The fraction of sp³-hybridized carbons (Fsp3) is 0.933. The van der Waals surface area contributed by atoms with Gasteiger partial charge in [-0.15, -0.1) is 0 Å². The van der Waals surface area contributed by atoms with E-state index in [2.05, 4.69) is 16.7 Å². The van der Waals surface area contributed by atoms with E-state index in [0.29, 0.717) is 12.1 Å². The van der Waals surface area contributed by atoms with Crippen molar-refractivity contribution in [3.05, 3.63) is 0 Å². The Bertz CT molecular complexity index is 389. The first-order valence-electron chi connectivity index (χ1n) is 7.90. The van der Waals surface area contributed by atoms with Crippen molar-refractivity contribution in [1.29, 1.82) is 0 Å². The normalized spacial score (nSPS) is 42.6. The number of hydrogen-bond acceptors (Lipinski definition) is 5. The molecule has 2 aliphatic heterocycles. The van der Waals surface area contributed by atoms with Crippen LogP contribution >= 0.6 is 0 Å². The quantitative estimate of drug-likeness (QED) is 0.750. The highest BCUT2D eigenvalue weighted by molar-refractivity contribution is 5.81. The van der Waals surface area contributed by atoms with Crippen LogP contribution in [-0.4, -0.2) is 66.2 Å². The zero-order valence-corrected chi connectivity index (χ0v) is 12.7. The number of carbonyl (C=O) groups is 1. The van der Waals surface area contributed by atoms with Gasteiger partial charge in [-0.25, -0.2) is 0 Å². The van der Waals surface area contributed by atoms with Crippen molar-refractivity contribution >= 4 is 5.97 Å². The average molecular weight is 281 g/mol. The largest absolute Gasteiger partial charge is 0.468 e. The van der Waals surface area contributed by atoms with Crippen LogP contribution in [0.4, 0.5) is 0 Å². The molecule has 114 valence electrons. The molecular formula is C15H27N3O2. The van der Waals surface area contributed by atoms with Gasteiger partial charge in [-0.05, 0) is 45.6 Å². The third kappa shape index (κ3) is 2.36. The minimum absolute atomic E-state index is 0.243. The highest BCUT2D eigenvalue weighted by atomic mass is 16.5. The van der Waals surface area contributed by atoms with E-state index in [-0.39, 0.29) is 5.97 Å². The molecule has 0 bridgehead atoms. The summed E-state index contributed by atoms with van der Waals surface area (Å²) in [6, 6.07) is 1.73. The lowest BCUT2D eigenvalue weighted by molar-refractivity contribution is -0.147.